The molecule has 2 aromatic carbocycles. The molecule has 0 unspecified atom stereocenters. The lowest BCUT2D eigenvalue weighted by molar-refractivity contribution is -0.126. The van der Waals surface area contributed by atoms with Gasteiger partial charge in [0.25, 0.3) is 0 Å². The Labute approximate surface area is 175 Å². The molecule has 29 heavy (non-hydrogen) atoms. The normalized spacial score (nSPS) is 15.6. The van der Waals surface area contributed by atoms with Crippen LogP contribution in [0.25, 0.3) is 11.1 Å². The highest BCUT2D eigenvalue weighted by molar-refractivity contribution is 5.78. The molecule has 1 saturated heterocycles. The SMILES string of the molecule is CC(C)OCCCNC(=O)C1CCN(Cc2ccc(-c3ccccc3)cc2)CC1. The molecule has 0 radical (unpaired) electrons. The third kappa shape index (κ3) is 6.98. The highest BCUT2D eigenvalue weighted by Gasteiger charge is 2.24. The summed E-state index contributed by atoms with van der Waals surface area (Å²) < 4.78 is 5.51. The lowest BCUT2D eigenvalue weighted by atomic mass is 9.95. The number of hydrogen-bond acceptors (Lipinski definition) is 3. The third-order valence-electron chi connectivity index (χ3n) is 5.50. The molecule has 1 N–H and O–H groups in total. The Bertz CT molecular complexity index is 735. The summed E-state index contributed by atoms with van der Waals surface area (Å²) in [4.78, 5) is 14.8. The van der Waals surface area contributed by atoms with E-state index in [9.17, 15) is 4.79 Å². The van der Waals surface area contributed by atoms with E-state index in [-0.39, 0.29) is 17.9 Å². The number of piperidine rings is 1. The summed E-state index contributed by atoms with van der Waals surface area (Å²) in [6, 6.07) is 19.3. The second kappa shape index (κ2) is 11.1. The van der Waals surface area contributed by atoms with Gasteiger partial charge in [0.1, 0.15) is 0 Å². The van der Waals surface area contributed by atoms with Gasteiger partial charge in [-0.15, -0.1) is 0 Å². The summed E-state index contributed by atoms with van der Waals surface area (Å²) in [5.74, 6) is 0.360. The Hall–Kier alpha value is -2.17. The van der Waals surface area contributed by atoms with Crippen molar-refractivity contribution in [2.75, 3.05) is 26.2 Å². The van der Waals surface area contributed by atoms with Crippen LogP contribution in [0, 0.1) is 5.92 Å². The number of nitrogens with zero attached hydrogens (tertiary/aromatic N) is 1. The summed E-state index contributed by atoms with van der Waals surface area (Å²) in [6.45, 7) is 8.40. The van der Waals surface area contributed by atoms with Crippen LogP contribution >= 0.6 is 0 Å². The highest BCUT2D eigenvalue weighted by Crippen LogP contribution is 2.22. The molecule has 0 spiro atoms. The number of rotatable bonds is 9. The zero-order chi connectivity index (χ0) is 20.5. The molecular weight excluding hydrogens is 360 g/mol. The number of carbonyl (C=O) groups excluding carboxylic acids is 1. The fourth-order valence-corrected chi connectivity index (χ4v) is 3.79. The van der Waals surface area contributed by atoms with Crippen LogP contribution in [0.3, 0.4) is 0 Å². The predicted molar refractivity (Wildman–Crippen MR) is 119 cm³/mol. The molecule has 2 aromatic rings. The quantitative estimate of drug-likeness (QED) is 0.637. The first-order chi connectivity index (χ1) is 14.1. The van der Waals surface area contributed by atoms with E-state index < -0.39 is 0 Å². The Morgan fingerprint density at radius 1 is 1.03 bits per heavy atom. The molecule has 156 valence electrons. The van der Waals surface area contributed by atoms with Crippen molar-refractivity contribution in [1.82, 2.24) is 10.2 Å². The lowest BCUT2D eigenvalue weighted by Crippen LogP contribution is -2.40. The molecule has 1 amide bonds. The van der Waals surface area contributed by atoms with Gasteiger partial charge in [-0.1, -0.05) is 54.6 Å². The minimum Gasteiger partial charge on any atom is -0.379 e. The Morgan fingerprint density at radius 2 is 1.69 bits per heavy atom. The van der Waals surface area contributed by atoms with Crippen LogP contribution in [0.2, 0.25) is 0 Å². The van der Waals surface area contributed by atoms with Crippen molar-refractivity contribution in [3.8, 4) is 11.1 Å². The molecule has 1 aliphatic heterocycles. The number of likely N-dealkylation sites (tertiary alicyclic amines) is 1. The molecule has 0 saturated carbocycles. The number of amides is 1. The van der Waals surface area contributed by atoms with Gasteiger partial charge in [0, 0.05) is 25.6 Å². The largest absolute Gasteiger partial charge is 0.379 e. The Morgan fingerprint density at radius 3 is 2.34 bits per heavy atom. The monoisotopic (exact) mass is 394 g/mol. The number of nitrogens with one attached hydrogen (secondary N) is 1. The Balaban J connectivity index is 1.38. The Kier molecular flexibility index (Phi) is 8.26. The third-order valence-corrected chi connectivity index (χ3v) is 5.50. The van der Waals surface area contributed by atoms with E-state index in [1.165, 1.54) is 16.7 Å². The van der Waals surface area contributed by atoms with Crippen molar-refractivity contribution >= 4 is 5.91 Å². The number of carbonyl (C=O) groups is 1. The van der Waals surface area contributed by atoms with Crippen molar-refractivity contribution < 1.29 is 9.53 Å². The average molecular weight is 395 g/mol. The molecule has 4 nitrogen and oxygen atoms in total. The molecule has 3 rings (SSSR count). The molecule has 4 heteroatoms. The van der Waals surface area contributed by atoms with E-state index in [1.54, 1.807) is 0 Å². The predicted octanol–water partition coefficient (Wildman–Crippen LogP) is 4.50. The van der Waals surface area contributed by atoms with Gasteiger partial charge in [0.2, 0.25) is 5.91 Å². The fourth-order valence-electron chi connectivity index (χ4n) is 3.79. The highest BCUT2D eigenvalue weighted by atomic mass is 16.5. The van der Waals surface area contributed by atoms with Crippen LogP contribution in [0.4, 0.5) is 0 Å². The second-order valence-corrected chi connectivity index (χ2v) is 8.18. The van der Waals surface area contributed by atoms with Gasteiger partial charge >= 0.3 is 0 Å². The van der Waals surface area contributed by atoms with Gasteiger partial charge in [-0.2, -0.15) is 0 Å². The smallest absolute Gasteiger partial charge is 0.223 e. The van der Waals surface area contributed by atoms with Crippen molar-refractivity contribution in [2.45, 2.75) is 45.8 Å². The van der Waals surface area contributed by atoms with Crippen molar-refractivity contribution in [2.24, 2.45) is 5.92 Å². The molecule has 0 aliphatic carbocycles. The maximum Gasteiger partial charge on any atom is 0.223 e. The molecule has 1 aliphatic rings. The van der Waals surface area contributed by atoms with Crippen LogP contribution < -0.4 is 5.32 Å². The average Bonchev–Trinajstić information content (AvgIpc) is 2.75. The molecule has 1 fully saturated rings. The standard InChI is InChI=1S/C25H34N2O2/c1-20(2)29-18-6-15-26-25(28)24-13-16-27(17-14-24)19-21-9-11-23(12-10-21)22-7-4-3-5-8-22/h3-5,7-12,20,24H,6,13-19H2,1-2H3,(H,26,28). The summed E-state index contributed by atoms with van der Waals surface area (Å²) in [5, 5.41) is 3.07. The first-order valence-corrected chi connectivity index (χ1v) is 10.9. The van der Waals surface area contributed by atoms with Crippen LogP contribution in [-0.4, -0.2) is 43.2 Å². The van der Waals surface area contributed by atoms with Gasteiger partial charge in [-0.25, -0.2) is 0 Å². The van der Waals surface area contributed by atoms with Gasteiger partial charge < -0.3 is 10.1 Å². The summed E-state index contributed by atoms with van der Waals surface area (Å²) in [5.41, 5.74) is 3.84. The van der Waals surface area contributed by atoms with Gasteiger partial charge in [0.15, 0.2) is 0 Å². The molecule has 0 aromatic heterocycles. The van der Waals surface area contributed by atoms with Crippen LogP contribution in [0.5, 0.6) is 0 Å². The number of hydrogen-bond donors (Lipinski definition) is 1. The number of benzene rings is 2. The first kappa shape index (κ1) is 21.5. The van der Waals surface area contributed by atoms with Crippen molar-refractivity contribution in [1.29, 1.82) is 0 Å². The van der Waals surface area contributed by atoms with Crippen molar-refractivity contribution in [3.05, 3.63) is 60.2 Å². The topological polar surface area (TPSA) is 41.6 Å². The molecule has 1 heterocycles. The minimum absolute atomic E-state index is 0.151. The van der Waals surface area contributed by atoms with Crippen LogP contribution in [0.15, 0.2) is 54.6 Å². The van der Waals surface area contributed by atoms with E-state index in [4.69, 9.17) is 4.74 Å². The zero-order valence-corrected chi connectivity index (χ0v) is 17.8. The molecule has 0 bridgehead atoms. The van der Waals surface area contributed by atoms with E-state index in [0.717, 1.165) is 38.9 Å². The summed E-state index contributed by atoms with van der Waals surface area (Å²) in [7, 11) is 0. The van der Waals surface area contributed by atoms with E-state index in [0.29, 0.717) is 13.2 Å². The molecular formula is C25H34N2O2. The first-order valence-electron chi connectivity index (χ1n) is 10.9. The fraction of sp³-hybridized carbons (Fsp3) is 0.480. The maximum atomic E-state index is 12.4. The van der Waals surface area contributed by atoms with Crippen LogP contribution in [0.1, 0.15) is 38.7 Å². The second-order valence-electron chi connectivity index (χ2n) is 8.18. The summed E-state index contributed by atoms with van der Waals surface area (Å²) >= 11 is 0. The van der Waals surface area contributed by atoms with E-state index >= 15 is 0 Å². The zero-order valence-electron chi connectivity index (χ0n) is 17.8. The van der Waals surface area contributed by atoms with E-state index in [1.807, 2.05) is 19.9 Å². The summed E-state index contributed by atoms with van der Waals surface area (Å²) in [6.07, 6.45) is 3.01. The minimum atomic E-state index is 0.151. The molecule has 0 atom stereocenters. The van der Waals surface area contributed by atoms with Gasteiger partial charge in [-0.05, 0) is 62.9 Å². The number of ether oxygens (including phenoxy) is 1. The van der Waals surface area contributed by atoms with E-state index in [2.05, 4.69) is 58.7 Å². The maximum absolute atomic E-state index is 12.4. The lowest BCUT2D eigenvalue weighted by Gasteiger charge is -2.31. The van der Waals surface area contributed by atoms with Crippen molar-refractivity contribution in [3.63, 3.8) is 0 Å². The van der Waals surface area contributed by atoms with Gasteiger partial charge in [-0.3, -0.25) is 9.69 Å². The van der Waals surface area contributed by atoms with Crippen LogP contribution in [-0.2, 0) is 16.1 Å². The van der Waals surface area contributed by atoms with Gasteiger partial charge in [0.05, 0.1) is 6.10 Å².